The molecule has 0 spiro atoms. The Kier molecular flexibility index (Phi) is 10.7. The fraction of sp³-hybridized carbons (Fsp3) is 0.476. The van der Waals surface area contributed by atoms with Gasteiger partial charge in [-0.05, 0) is 55.0 Å². The lowest BCUT2D eigenvalue weighted by atomic mass is 10.0. The minimum Gasteiger partial charge on any atom is -0.481 e. The smallest absolute Gasteiger partial charge is 0.261 e. The van der Waals surface area contributed by atoms with E-state index >= 15 is 0 Å². The van der Waals surface area contributed by atoms with Gasteiger partial charge in [0.25, 0.3) is 5.91 Å². The van der Waals surface area contributed by atoms with E-state index in [4.69, 9.17) is 10.5 Å². The van der Waals surface area contributed by atoms with Crippen LogP contribution in [0.1, 0.15) is 61.8 Å². The Morgan fingerprint density at radius 2 is 2.00 bits per heavy atom. The van der Waals surface area contributed by atoms with Gasteiger partial charge in [-0.25, -0.2) is 4.39 Å². The molecule has 3 N–H and O–H groups in total. The van der Waals surface area contributed by atoms with E-state index in [9.17, 15) is 13.6 Å². The number of halogens is 2. The van der Waals surface area contributed by atoms with E-state index < -0.39 is 12.3 Å². The standard InChI is InChI=1S/C20H27FN2O2S.CH3F/c1-4-6-18(20(24)23-14(3)19-7-5-10-26-19)25-16-9-8-15(12-22)17(11-16)13(2)21;1-2/h5,7-11,13-14,18H,4,6,12,22H2,1-3H3,(H,23,24);1H3. The van der Waals surface area contributed by atoms with Gasteiger partial charge in [0.1, 0.15) is 11.9 Å². The number of carbonyl (C=O) groups excluding carboxylic acids is 1. The van der Waals surface area contributed by atoms with Gasteiger partial charge in [0.2, 0.25) is 0 Å². The van der Waals surface area contributed by atoms with Crippen LogP contribution in [0.2, 0.25) is 0 Å². The minimum absolute atomic E-state index is 0.0773. The molecule has 2 aromatic rings. The fourth-order valence-electron chi connectivity index (χ4n) is 2.79. The topological polar surface area (TPSA) is 64.3 Å². The predicted molar refractivity (Wildman–Crippen MR) is 111 cm³/mol. The molecule has 0 bridgehead atoms. The van der Waals surface area contributed by atoms with Gasteiger partial charge in [0.15, 0.2) is 6.10 Å². The van der Waals surface area contributed by atoms with E-state index in [0.29, 0.717) is 24.9 Å². The molecule has 1 heterocycles. The maximum absolute atomic E-state index is 13.8. The molecule has 0 fully saturated rings. The number of benzene rings is 1. The minimum atomic E-state index is -1.14. The summed E-state index contributed by atoms with van der Waals surface area (Å²) in [5, 5.41) is 4.98. The van der Waals surface area contributed by atoms with Crippen LogP contribution in [-0.2, 0) is 11.3 Å². The number of carbonyl (C=O) groups is 1. The Labute approximate surface area is 170 Å². The van der Waals surface area contributed by atoms with E-state index in [2.05, 4.69) is 5.32 Å². The number of hydrogen-bond acceptors (Lipinski definition) is 4. The van der Waals surface area contributed by atoms with Crippen molar-refractivity contribution < 1.29 is 18.3 Å². The lowest BCUT2D eigenvalue weighted by Gasteiger charge is -2.21. The molecule has 3 atom stereocenters. The first-order valence-electron chi connectivity index (χ1n) is 9.31. The van der Waals surface area contributed by atoms with Crippen LogP contribution in [0.15, 0.2) is 35.7 Å². The van der Waals surface area contributed by atoms with Gasteiger partial charge in [-0.3, -0.25) is 9.18 Å². The SMILES string of the molecule is CCCC(Oc1ccc(CN)c(C(C)F)c1)C(=O)NC(C)c1cccs1.CF. The highest BCUT2D eigenvalue weighted by Gasteiger charge is 2.22. The maximum atomic E-state index is 13.8. The summed E-state index contributed by atoms with van der Waals surface area (Å²) >= 11 is 1.60. The van der Waals surface area contributed by atoms with Crippen molar-refractivity contribution in [2.75, 3.05) is 7.18 Å². The maximum Gasteiger partial charge on any atom is 0.261 e. The predicted octanol–water partition coefficient (Wildman–Crippen LogP) is 5.25. The van der Waals surface area contributed by atoms with Crippen LogP contribution in [0.3, 0.4) is 0 Å². The molecule has 1 aromatic heterocycles. The number of nitrogens with one attached hydrogen (secondary N) is 1. The molecule has 156 valence electrons. The van der Waals surface area contributed by atoms with E-state index in [1.165, 1.54) is 6.92 Å². The average molecular weight is 413 g/mol. The van der Waals surface area contributed by atoms with E-state index in [1.54, 1.807) is 29.5 Å². The largest absolute Gasteiger partial charge is 0.481 e. The molecule has 1 amide bonds. The molecule has 0 radical (unpaired) electrons. The number of nitrogens with two attached hydrogens (primary N) is 1. The Bertz CT molecular complexity index is 708. The quantitative estimate of drug-likeness (QED) is 0.591. The number of hydrogen-bond donors (Lipinski definition) is 2. The second kappa shape index (κ2) is 12.5. The molecule has 0 aliphatic heterocycles. The summed E-state index contributed by atoms with van der Waals surface area (Å²) in [5.74, 6) is 0.324. The molecule has 0 aliphatic carbocycles. The average Bonchev–Trinajstić information content (AvgIpc) is 3.24. The molecular weight excluding hydrogens is 382 g/mol. The van der Waals surface area contributed by atoms with Crippen molar-refractivity contribution in [2.45, 2.75) is 58.5 Å². The second-order valence-electron chi connectivity index (χ2n) is 6.32. The number of ether oxygens (including phenoxy) is 1. The van der Waals surface area contributed by atoms with Crippen molar-refractivity contribution in [1.82, 2.24) is 5.32 Å². The summed E-state index contributed by atoms with van der Waals surface area (Å²) in [6.45, 7) is 5.68. The van der Waals surface area contributed by atoms with Crippen LogP contribution < -0.4 is 15.8 Å². The van der Waals surface area contributed by atoms with Gasteiger partial charge in [0, 0.05) is 11.4 Å². The van der Waals surface area contributed by atoms with Gasteiger partial charge in [-0.2, -0.15) is 0 Å². The second-order valence-corrected chi connectivity index (χ2v) is 7.30. The van der Waals surface area contributed by atoms with Crippen molar-refractivity contribution in [3.05, 3.63) is 51.7 Å². The highest BCUT2D eigenvalue weighted by molar-refractivity contribution is 7.10. The summed E-state index contributed by atoms with van der Waals surface area (Å²) < 4.78 is 29.3. The molecule has 0 saturated carbocycles. The Balaban J connectivity index is 0.00000190. The molecule has 4 nitrogen and oxygen atoms in total. The third kappa shape index (κ3) is 6.87. The zero-order valence-corrected chi connectivity index (χ0v) is 17.7. The van der Waals surface area contributed by atoms with Crippen molar-refractivity contribution in [1.29, 1.82) is 0 Å². The number of amides is 1. The highest BCUT2D eigenvalue weighted by atomic mass is 32.1. The zero-order chi connectivity index (χ0) is 21.1. The zero-order valence-electron chi connectivity index (χ0n) is 16.9. The van der Waals surface area contributed by atoms with Crippen molar-refractivity contribution >= 4 is 17.2 Å². The Morgan fingerprint density at radius 1 is 1.29 bits per heavy atom. The number of alkyl halides is 2. The monoisotopic (exact) mass is 412 g/mol. The lowest BCUT2D eigenvalue weighted by molar-refractivity contribution is -0.129. The van der Waals surface area contributed by atoms with Gasteiger partial charge < -0.3 is 15.8 Å². The van der Waals surface area contributed by atoms with Gasteiger partial charge in [-0.1, -0.05) is 25.5 Å². The van der Waals surface area contributed by atoms with Gasteiger partial charge in [0.05, 0.1) is 13.2 Å². The molecule has 1 aromatic carbocycles. The third-order valence-electron chi connectivity index (χ3n) is 4.22. The van der Waals surface area contributed by atoms with Crippen molar-refractivity contribution in [3.63, 3.8) is 0 Å². The summed E-state index contributed by atoms with van der Waals surface area (Å²) in [6, 6.07) is 9.02. The van der Waals surface area contributed by atoms with Crippen LogP contribution in [0.25, 0.3) is 0 Å². The lowest BCUT2D eigenvalue weighted by Crippen LogP contribution is -2.39. The Morgan fingerprint density at radius 3 is 2.54 bits per heavy atom. The molecule has 0 aliphatic rings. The molecule has 2 rings (SSSR count). The Hall–Kier alpha value is -1.99. The summed E-state index contributed by atoms with van der Waals surface area (Å²) in [6.07, 6.45) is -0.371. The fourth-order valence-corrected chi connectivity index (χ4v) is 3.52. The normalized spacial score (nSPS) is 13.7. The van der Waals surface area contributed by atoms with Crippen LogP contribution in [-0.4, -0.2) is 19.2 Å². The van der Waals surface area contributed by atoms with E-state index in [-0.39, 0.29) is 18.5 Å². The molecular formula is C21H30F2N2O2S. The molecule has 28 heavy (non-hydrogen) atoms. The molecule has 3 unspecified atom stereocenters. The molecule has 7 heteroatoms. The number of rotatable bonds is 9. The van der Waals surface area contributed by atoms with Crippen molar-refractivity contribution in [3.8, 4) is 5.75 Å². The first kappa shape index (κ1) is 24.0. The van der Waals surface area contributed by atoms with Crippen LogP contribution in [0.4, 0.5) is 8.78 Å². The molecule has 0 saturated heterocycles. The van der Waals surface area contributed by atoms with Crippen LogP contribution >= 0.6 is 11.3 Å². The first-order valence-corrected chi connectivity index (χ1v) is 10.2. The van der Waals surface area contributed by atoms with E-state index in [1.807, 2.05) is 31.4 Å². The van der Waals surface area contributed by atoms with Crippen LogP contribution in [0.5, 0.6) is 5.75 Å². The highest BCUT2D eigenvalue weighted by Crippen LogP contribution is 2.27. The summed E-state index contributed by atoms with van der Waals surface area (Å²) in [5.41, 5.74) is 6.92. The van der Waals surface area contributed by atoms with Crippen LogP contribution in [0, 0.1) is 0 Å². The first-order chi connectivity index (χ1) is 13.5. The third-order valence-corrected chi connectivity index (χ3v) is 5.27. The van der Waals surface area contributed by atoms with Gasteiger partial charge in [-0.15, -0.1) is 11.3 Å². The van der Waals surface area contributed by atoms with Gasteiger partial charge >= 0.3 is 0 Å². The number of thiophene rings is 1. The summed E-state index contributed by atoms with van der Waals surface area (Å²) in [4.78, 5) is 13.8. The van der Waals surface area contributed by atoms with E-state index in [0.717, 1.165) is 16.9 Å². The summed E-state index contributed by atoms with van der Waals surface area (Å²) in [7, 11) is 0.500. The van der Waals surface area contributed by atoms with Crippen molar-refractivity contribution in [2.24, 2.45) is 5.73 Å².